The first-order valence-electron chi connectivity index (χ1n) is 5.09. The highest BCUT2D eigenvalue weighted by atomic mass is 32.2. The van der Waals surface area contributed by atoms with Crippen LogP contribution in [0.2, 0.25) is 0 Å². The van der Waals surface area contributed by atoms with Crippen molar-refractivity contribution in [2.45, 2.75) is 17.7 Å². The Morgan fingerprint density at radius 2 is 1.81 bits per heavy atom. The Bertz CT molecular complexity index is 505. The van der Waals surface area contributed by atoms with Crippen LogP contribution in [0.4, 0.5) is 5.69 Å². The van der Waals surface area contributed by atoms with E-state index in [4.69, 9.17) is 0 Å². The predicted molar refractivity (Wildman–Crippen MR) is 61.1 cm³/mol. The van der Waals surface area contributed by atoms with Gasteiger partial charge in [-0.05, 0) is 30.7 Å². The molecule has 86 valence electrons. The van der Waals surface area contributed by atoms with Crippen molar-refractivity contribution in [3.05, 3.63) is 24.3 Å². The molecule has 2 rings (SSSR count). The molecule has 0 aromatic heterocycles. The molecular formula is C11H13NO3S. The summed E-state index contributed by atoms with van der Waals surface area (Å²) in [7, 11) is -3.16. The van der Waals surface area contributed by atoms with Crippen molar-refractivity contribution in [2.75, 3.05) is 17.7 Å². The van der Waals surface area contributed by atoms with E-state index >= 15 is 0 Å². The van der Waals surface area contributed by atoms with E-state index in [2.05, 4.69) is 0 Å². The van der Waals surface area contributed by atoms with E-state index in [1.54, 1.807) is 17.0 Å². The topological polar surface area (TPSA) is 54.5 Å². The summed E-state index contributed by atoms with van der Waals surface area (Å²) < 4.78 is 22.5. The van der Waals surface area contributed by atoms with Gasteiger partial charge in [0.15, 0.2) is 9.84 Å². The first kappa shape index (κ1) is 11.1. The van der Waals surface area contributed by atoms with Gasteiger partial charge in [0, 0.05) is 24.9 Å². The summed E-state index contributed by atoms with van der Waals surface area (Å²) in [5.41, 5.74) is 0.773. The van der Waals surface area contributed by atoms with Crippen LogP contribution in [-0.2, 0) is 14.6 Å². The van der Waals surface area contributed by atoms with E-state index in [9.17, 15) is 13.2 Å². The van der Waals surface area contributed by atoms with E-state index in [1.165, 1.54) is 18.4 Å². The summed E-state index contributed by atoms with van der Waals surface area (Å²) in [5, 5.41) is 0. The zero-order valence-corrected chi connectivity index (χ0v) is 9.83. The zero-order valence-electron chi connectivity index (χ0n) is 9.01. The molecule has 1 amide bonds. The molecule has 0 bridgehead atoms. The molecule has 1 fully saturated rings. The number of hydrogen-bond acceptors (Lipinski definition) is 3. The van der Waals surface area contributed by atoms with Crippen LogP contribution in [0.3, 0.4) is 0 Å². The molecule has 0 N–H and O–H groups in total. The van der Waals surface area contributed by atoms with E-state index in [0.29, 0.717) is 6.42 Å². The van der Waals surface area contributed by atoms with Crippen LogP contribution < -0.4 is 4.90 Å². The van der Waals surface area contributed by atoms with Gasteiger partial charge in [-0.25, -0.2) is 8.42 Å². The Morgan fingerprint density at radius 3 is 2.25 bits per heavy atom. The van der Waals surface area contributed by atoms with Crippen LogP contribution >= 0.6 is 0 Å². The molecule has 1 aromatic rings. The Morgan fingerprint density at radius 1 is 1.19 bits per heavy atom. The fourth-order valence-corrected chi connectivity index (χ4v) is 2.42. The van der Waals surface area contributed by atoms with E-state index < -0.39 is 9.84 Å². The van der Waals surface area contributed by atoms with Gasteiger partial charge in [-0.3, -0.25) is 4.79 Å². The minimum Gasteiger partial charge on any atom is -0.312 e. The van der Waals surface area contributed by atoms with Gasteiger partial charge in [0.2, 0.25) is 5.91 Å². The van der Waals surface area contributed by atoms with Gasteiger partial charge < -0.3 is 4.90 Å². The van der Waals surface area contributed by atoms with Gasteiger partial charge in [-0.1, -0.05) is 0 Å². The second kappa shape index (κ2) is 3.90. The third-order valence-electron chi connectivity index (χ3n) is 2.65. The van der Waals surface area contributed by atoms with Crippen LogP contribution in [0.1, 0.15) is 12.8 Å². The SMILES string of the molecule is CS(=O)(=O)c1ccc(N2CCCC2=O)cc1. The first-order valence-corrected chi connectivity index (χ1v) is 6.98. The van der Waals surface area contributed by atoms with Crippen LogP contribution in [0.25, 0.3) is 0 Å². The van der Waals surface area contributed by atoms with Crippen LogP contribution in [0.5, 0.6) is 0 Å². The first-order chi connectivity index (χ1) is 7.48. The highest BCUT2D eigenvalue weighted by Crippen LogP contribution is 2.22. The van der Waals surface area contributed by atoms with Crippen LogP contribution in [0.15, 0.2) is 29.2 Å². The van der Waals surface area contributed by atoms with Gasteiger partial charge in [0.1, 0.15) is 0 Å². The standard InChI is InChI=1S/C11H13NO3S/c1-16(14,15)10-6-4-9(5-7-10)12-8-2-3-11(12)13/h4-7H,2-3,8H2,1H3. The molecular weight excluding hydrogens is 226 g/mol. The van der Waals surface area contributed by atoms with E-state index in [1.807, 2.05) is 0 Å². The minimum absolute atomic E-state index is 0.104. The number of benzene rings is 1. The van der Waals surface area contributed by atoms with Crippen molar-refractivity contribution in [1.82, 2.24) is 0 Å². The van der Waals surface area contributed by atoms with Crippen molar-refractivity contribution in [3.63, 3.8) is 0 Å². The molecule has 1 heterocycles. The summed E-state index contributed by atoms with van der Waals surface area (Å²) in [6, 6.07) is 6.44. The smallest absolute Gasteiger partial charge is 0.227 e. The molecule has 0 aliphatic carbocycles. The normalized spacial score (nSPS) is 16.8. The van der Waals surface area contributed by atoms with Gasteiger partial charge in [-0.15, -0.1) is 0 Å². The third-order valence-corrected chi connectivity index (χ3v) is 3.78. The molecule has 16 heavy (non-hydrogen) atoms. The number of carbonyl (C=O) groups excluding carboxylic acids is 1. The Kier molecular flexibility index (Phi) is 2.71. The van der Waals surface area contributed by atoms with Gasteiger partial charge in [0.05, 0.1) is 4.90 Å². The quantitative estimate of drug-likeness (QED) is 0.779. The lowest BCUT2D eigenvalue weighted by Crippen LogP contribution is -2.23. The summed E-state index contributed by atoms with van der Waals surface area (Å²) in [6.07, 6.45) is 2.61. The number of anilines is 1. The maximum atomic E-state index is 11.5. The van der Waals surface area contributed by atoms with Gasteiger partial charge in [-0.2, -0.15) is 0 Å². The molecule has 5 heteroatoms. The van der Waals surface area contributed by atoms with Crippen molar-refractivity contribution < 1.29 is 13.2 Å². The monoisotopic (exact) mass is 239 g/mol. The van der Waals surface area contributed by atoms with Crippen LogP contribution in [-0.4, -0.2) is 27.1 Å². The highest BCUT2D eigenvalue weighted by molar-refractivity contribution is 7.90. The highest BCUT2D eigenvalue weighted by Gasteiger charge is 2.21. The van der Waals surface area contributed by atoms with Crippen molar-refractivity contribution in [2.24, 2.45) is 0 Å². The molecule has 1 aliphatic rings. The molecule has 4 nitrogen and oxygen atoms in total. The fraction of sp³-hybridized carbons (Fsp3) is 0.364. The average molecular weight is 239 g/mol. The Hall–Kier alpha value is -1.36. The molecule has 0 unspecified atom stereocenters. The number of amides is 1. The molecule has 1 aliphatic heterocycles. The zero-order chi connectivity index (χ0) is 11.8. The predicted octanol–water partition coefficient (Wildman–Crippen LogP) is 1.22. The molecule has 0 atom stereocenters. The maximum absolute atomic E-state index is 11.5. The Balaban J connectivity index is 2.29. The second-order valence-electron chi connectivity index (χ2n) is 3.91. The number of carbonyl (C=O) groups is 1. The minimum atomic E-state index is -3.16. The molecule has 1 aromatic carbocycles. The van der Waals surface area contributed by atoms with E-state index in [-0.39, 0.29) is 10.8 Å². The lowest BCUT2D eigenvalue weighted by atomic mass is 10.3. The lowest BCUT2D eigenvalue weighted by Gasteiger charge is -2.15. The number of nitrogens with zero attached hydrogens (tertiary/aromatic N) is 1. The largest absolute Gasteiger partial charge is 0.312 e. The maximum Gasteiger partial charge on any atom is 0.227 e. The number of sulfone groups is 1. The summed E-state index contributed by atoms with van der Waals surface area (Å²) in [4.78, 5) is 13.4. The summed E-state index contributed by atoms with van der Waals surface area (Å²) >= 11 is 0. The van der Waals surface area contributed by atoms with Gasteiger partial charge >= 0.3 is 0 Å². The lowest BCUT2D eigenvalue weighted by molar-refractivity contribution is -0.117. The number of rotatable bonds is 2. The van der Waals surface area contributed by atoms with Crippen LogP contribution in [0, 0.1) is 0 Å². The molecule has 1 saturated heterocycles. The van der Waals surface area contributed by atoms with Crippen molar-refractivity contribution in [1.29, 1.82) is 0 Å². The molecule has 0 saturated carbocycles. The Labute approximate surface area is 94.8 Å². The summed E-state index contributed by atoms with van der Waals surface area (Å²) in [6.45, 7) is 0.719. The van der Waals surface area contributed by atoms with Gasteiger partial charge in [0.25, 0.3) is 0 Å². The van der Waals surface area contributed by atoms with Crippen molar-refractivity contribution in [3.8, 4) is 0 Å². The molecule has 0 spiro atoms. The fourth-order valence-electron chi connectivity index (χ4n) is 1.79. The van der Waals surface area contributed by atoms with Crippen molar-refractivity contribution >= 4 is 21.4 Å². The average Bonchev–Trinajstić information content (AvgIpc) is 2.63. The second-order valence-corrected chi connectivity index (χ2v) is 5.93. The summed E-state index contributed by atoms with van der Waals surface area (Å²) in [5.74, 6) is 0.104. The molecule has 0 radical (unpaired) electrons. The third kappa shape index (κ3) is 2.09. The van der Waals surface area contributed by atoms with E-state index in [0.717, 1.165) is 18.7 Å². The number of hydrogen-bond donors (Lipinski definition) is 0.